The van der Waals surface area contributed by atoms with E-state index in [0.29, 0.717) is 22.3 Å². The fraction of sp³-hybridized carbons (Fsp3) is 0. The van der Waals surface area contributed by atoms with Crippen LogP contribution in [0.5, 0.6) is 0 Å². The largest absolute Gasteiger partial charge is 0.355 e. The number of nitrogens with one attached hydrogen (secondary N) is 1. The molecule has 166 valence electrons. The maximum absolute atomic E-state index is 9.72. The third kappa shape index (κ3) is 3.56. The van der Waals surface area contributed by atoms with E-state index in [9.17, 15) is 31.6 Å². The third-order valence-electron chi connectivity index (χ3n) is 6.19. The Morgan fingerprint density at radius 3 is 1.08 bits per heavy atom. The molecule has 7 heteroatoms. The number of rotatable bonds is 2. The summed E-state index contributed by atoms with van der Waals surface area (Å²) in [6.45, 7) is 0. The minimum Gasteiger partial charge on any atom is -0.355 e. The van der Waals surface area contributed by atoms with Gasteiger partial charge in [0.1, 0.15) is 0 Å². The van der Waals surface area contributed by atoms with E-state index < -0.39 is 0 Å². The van der Waals surface area contributed by atoms with Gasteiger partial charge in [-0.1, -0.05) is 12.1 Å². The number of hydrogen-bond donors (Lipinski definition) is 1. The molecule has 5 rings (SSSR count). The van der Waals surface area contributed by atoms with Crippen LogP contribution in [0.1, 0.15) is 33.4 Å². The molecule has 0 bridgehead atoms. The second-order valence-corrected chi connectivity index (χ2v) is 8.21. The highest BCUT2D eigenvalue weighted by Gasteiger charge is 2.17. The Morgan fingerprint density at radius 2 is 0.784 bits per heavy atom. The first-order valence-corrected chi connectivity index (χ1v) is 10.9. The van der Waals surface area contributed by atoms with Crippen molar-refractivity contribution in [3.05, 3.63) is 94.0 Å². The summed E-state index contributed by atoms with van der Waals surface area (Å²) in [5.74, 6) is 0. The smallest absolute Gasteiger partial charge is 0.0999 e. The van der Waals surface area contributed by atoms with Gasteiger partial charge in [-0.2, -0.15) is 31.6 Å². The first kappa shape index (κ1) is 22.4. The molecule has 0 spiro atoms. The molecule has 0 aliphatic heterocycles. The highest BCUT2D eigenvalue weighted by atomic mass is 14.7. The zero-order valence-corrected chi connectivity index (χ0v) is 19.0. The summed E-state index contributed by atoms with van der Waals surface area (Å²) < 4.78 is 0. The first-order chi connectivity index (χ1) is 18.0. The lowest BCUT2D eigenvalue weighted by Crippen LogP contribution is -1.93. The molecule has 4 aromatic carbocycles. The van der Waals surface area contributed by atoms with Gasteiger partial charge in [0.15, 0.2) is 0 Å². The average Bonchev–Trinajstić information content (AvgIpc) is 3.32. The summed E-state index contributed by atoms with van der Waals surface area (Å²) in [5.41, 5.74) is 5.20. The van der Waals surface area contributed by atoms with Gasteiger partial charge in [0.2, 0.25) is 0 Å². The van der Waals surface area contributed by atoms with Crippen LogP contribution >= 0.6 is 0 Å². The Morgan fingerprint density at radius 1 is 0.432 bits per heavy atom. The van der Waals surface area contributed by atoms with E-state index in [2.05, 4.69) is 29.3 Å². The van der Waals surface area contributed by atoms with Gasteiger partial charge in [0.25, 0.3) is 0 Å². The van der Waals surface area contributed by atoms with Crippen molar-refractivity contribution in [2.24, 2.45) is 0 Å². The molecule has 1 N–H and O–H groups in total. The maximum atomic E-state index is 9.72. The third-order valence-corrected chi connectivity index (χ3v) is 6.19. The molecule has 0 unspecified atom stereocenters. The Kier molecular flexibility index (Phi) is 5.31. The van der Waals surface area contributed by atoms with Gasteiger partial charge in [-0.3, -0.25) is 0 Å². The van der Waals surface area contributed by atoms with E-state index in [1.165, 1.54) is 24.3 Å². The van der Waals surface area contributed by atoms with E-state index in [4.69, 9.17) is 0 Å². The molecular weight excluding hydrogens is 458 g/mol. The Balaban J connectivity index is 1.78. The van der Waals surface area contributed by atoms with E-state index in [0.717, 1.165) is 21.8 Å². The molecule has 1 aromatic heterocycles. The topological polar surface area (TPSA) is 159 Å². The van der Waals surface area contributed by atoms with Crippen molar-refractivity contribution in [2.75, 3.05) is 0 Å². The summed E-state index contributed by atoms with van der Waals surface area (Å²) in [6.07, 6.45) is 0. The van der Waals surface area contributed by atoms with Gasteiger partial charge in [-0.05, 0) is 59.7 Å². The second kappa shape index (κ2) is 8.76. The van der Waals surface area contributed by atoms with Crippen LogP contribution in [0, 0.1) is 68.0 Å². The Hall–Kier alpha value is -6.38. The van der Waals surface area contributed by atoms with Gasteiger partial charge in [0, 0.05) is 32.9 Å². The summed E-state index contributed by atoms with van der Waals surface area (Å²) in [4.78, 5) is 3.34. The van der Waals surface area contributed by atoms with Crippen molar-refractivity contribution in [3.8, 4) is 58.7 Å². The predicted molar refractivity (Wildman–Crippen MR) is 135 cm³/mol. The molecule has 0 aliphatic carbocycles. The Bertz CT molecular complexity index is 1840. The minimum absolute atomic E-state index is 0.227. The van der Waals surface area contributed by atoms with E-state index in [1.54, 1.807) is 0 Å². The normalized spacial score (nSPS) is 10.0. The molecule has 0 saturated heterocycles. The van der Waals surface area contributed by atoms with Crippen LogP contribution in [0.15, 0.2) is 60.7 Å². The monoisotopic (exact) mass is 469 g/mol. The van der Waals surface area contributed by atoms with Gasteiger partial charge in [-0.15, -0.1) is 0 Å². The minimum atomic E-state index is 0.227. The molecule has 0 saturated carbocycles. The number of aromatic amines is 1. The van der Waals surface area contributed by atoms with Crippen LogP contribution in [0.4, 0.5) is 0 Å². The predicted octanol–water partition coefficient (Wildman–Crippen LogP) is 5.89. The number of benzene rings is 4. The zero-order valence-electron chi connectivity index (χ0n) is 19.0. The van der Waals surface area contributed by atoms with Gasteiger partial charge < -0.3 is 4.98 Å². The molecule has 0 atom stereocenters. The number of H-pyrrole nitrogens is 1. The molecule has 0 amide bonds. The summed E-state index contributed by atoms with van der Waals surface area (Å²) in [6, 6.07) is 29.3. The van der Waals surface area contributed by atoms with Gasteiger partial charge in [0.05, 0.1) is 69.8 Å². The number of nitriles is 6. The number of nitrogens with zero attached hydrogens (tertiary/aromatic N) is 6. The molecule has 0 aliphatic rings. The maximum Gasteiger partial charge on any atom is 0.0999 e. The number of hydrogen-bond acceptors (Lipinski definition) is 6. The Labute approximate surface area is 211 Å². The fourth-order valence-electron chi connectivity index (χ4n) is 4.60. The molecule has 5 aromatic rings. The SMILES string of the molecule is N#Cc1cc(C#N)c(-c2ccc3[nH]c4ccc(-c5c(C#N)cc(C#N)cc5C#N)cc4c3c2)c(C#N)c1. The van der Waals surface area contributed by atoms with Crippen molar-refractivity contribution in [2.45, 2.75) is 0 Å². The van der Waals surface area contributed by atoms with Crippen molar-refractivity contribution in [1.82, 2.24) is 4.98 Å². The number of aromatic nitrogens is 1. The lowest BCUT2D eigenvalue weighted by Gasteiger charge is -2.09. The quantitative estimate of drug-likeness (QED) is 0.339. The van der Waals surface area contributed by atoms with Crippen molar-refractivity contribution < 1.29 is 0 Å². The van der Waals surface area contributed by atoms with Crippen LogP contribution in [0.2, 0.25) is 0 Å². The summed E-state index contributed by atoms with van der Waals surface area (Å²) in [5, 5.41) is 59.0. The summed E-state index contributed by atoms with van der Waals surface area (Å²) >= 11 is 0. The lowest BCUT2D eigenvalue weighted by atomic mass is 9.91. The standard InChI is InChI=1S/C30H11N7/c31-11-17-5-21(13-33)29(22(6-17)14-34)19-1-3-27-25(9-19)26-10-20(2-4-28(26)37-27)30-23(15-35)7-18(12-32)8-24(30)16-36/h1-10,37H. The van der Waals surface area contributed by atoms with Crippen LogP contribution in [0.25, 0.3) is 44.1 Å². The molecule has 37 heavy (non-hydrogen) atoms. The van der Waals surface area contributed by atoms with Crippen molar-refractivity contribution in [3.63, 3.8) is 0 Å². The molecule has 7 nitrogen and oxygen atoms in total. The van der Waals surface area contributed by atoms with E-state index in [-0.39, 0.29) is 33.4 Å². The zero-order chi connectivity index (χ0) is 26.1. The fourth-order valence-corrected chi connectivity index (χ4v) is 4.60. The van der Waals surface area contributed by atoms with E-state index >= 15 is 0 Å². The highest BCUT2D eigenvalue weighted by molar-refractivity contribution is 6.10. The first-order valence-electron chi connectivity index (χ1n) is 10.9. The van der Waals surface area contributed by atoms with E-state index in [1.807, 2.05) is 48.5 Å². The average molecular weight is 469 g/mol. The van der Waals surface area contributed by atoms with Crippen molar-refractivity contribution >= 4 is 21.8 Å². The lowest BCUT2D eigenvalue weighted by molar-refractivity contribution is 1.41. The molecule has 1 heterocycles. The van der Waals surface area contributed by atoms with Gasteiger partial charge in [-0.25, -0.2) is 0 Å². The van der Waals surface area contributed by atoms with Crippen LogP contribution in [-0.4, -0.2) is 4.98 Å². The number of fused-ring (bicyclic) bond motifs is 3. The second-order valence-electron chi connectivity index (χ2n) is 8.21. The highest BCUT2D eigenvalue weighted by Crippen LogP contribution is 2.37. The van der Waals surface area contributed by atoms with Crippen LogP contribution < -0.4 is 0 Å². The van der Waals surface area contributed by atoms with Crippen molar-refractivity contribution in [1.29, 1.82) is 31.6 Å². The summed E-state index contributed by atoms with van der Waals surface area (Å²) in [7, 11) is 0. The molecule has 0 fully saturated rings. The molecular formula is C30H11N7. The van der Waals surface area contributed by atoms with Crippen LogP contribution in [-0.2, 0) is 0 Å². The molecule has 0 radical (unpaired) electrons. The van der Waals surface area contributed by atoms with Crippen LogP contribution in [0.3, 0.4) is 0 Å². The van der Waals surface area contributed by atoms with Gasteiger partial charge >= 0.3 is 0 Å².